The van der Waals surface area contributed by atoms with Gasteiger partial charge in [-0.25, -0.2) is 8.78 Å². The third-order valence-electron chi connectivity index (χ3n) is 3.14. The molecule has 0 heterocycles. The summed E-state index contributed by atoms with van der Waals surface area (Å²) in [6, 6.07) is 1.96. The second kappa shape index (κ2) is 3.80. The molecule has 1 N–H and O–H groups in total. The van der Waals surface area contributed by atoms with Crippen LogP contribution in [-0.2, 0) is 10.2 Å². The van der Waals surface area contributed by atoms with Gasteiger partial charge in [0, 0.05) is 4.47 Å². The maximum atomic E-state index is 13.1. The Hall–Kier alpha value is -0.970. The smallest absolute Gasteiger partial charge is 0.314 e. The molecule has 1 aliphatic carbocycles. The number of hydrogen-bond donors (Lipinski definition) is 1. The summed E-state index contributed by atoms with van der Waals surface area (Å²) in [7, 11) is 0. The van der Waals surface area contributed by atoms with Crippen molar-refractivity contribution in [1.29, 1.82) is 0 Å². The number of carbonyl (C=O) groups is 1. The Balaban J connectivity index is 2.55. The molecule has 0 spiro atoms. The molecule has 2 rings (SSSR count). The highest BCUT2D eigenvalue weighted by atomic mass is 79.9. The minimum absolute atomic E-state index is 0.313. The van der Waals surface area contributed by atoms with Crippen LogP contribution < -0.4 is 0 Å². The van der Waals surface area contributed by atoms with Crippen molar-refractivity contribution >= 4 is 21.9 Å². The van der Waals surface area contributed by atoms with Crippen LogP contribution in [0.5, 0.6) is 0 Å². The lowest BCUT2D eigenvalue weighted by Gasteiger charge is -2.38. The lowest BCUT2D eigenvalue weighted by Crippen LogP contribution is -2.42. The monoisotopic (exact) mass is 290 g/mol. The number of carboxylic acid groups (broad SMARTS) is 1. The Morgan fingerprint density at radius 1 is 1.31 bits per heavy atom. The number of carboxylic acids is 1. The van der Waals surface area contributed by atoms with Crippen LogP contribution >= 0.6 is 15.9 Å². The molecule has 16 heavy (non-hydrogen) atoms. The predicted molar refractivity (Wildman–Crippen MR) is 57.2 cm³/mol. The van der Waals surface area contributed by atoms with Gasteiger partial charge in [-0.3, -0.25) is 4.79 Å². The summed E-state index contributed by atoms with van der Waals surface area (Å²) in [5.74, 6) is -2.97. The molecule has 1 aromatic rings. The second-order valence-corrected chi connectivity index (χ2v) is 4.84. The van der Waals surface area contributed by atoms with Gasteiger partial charge in [-0.15, -0.1) is 0 Å². The third kappa shape index (κ3) is 1.54. The van der Waals surface area contributed by atoms with Crippen LogP contribution in [0.25, 0.3) is 0 Å². The van der Waals surface area contributed by atoms with E-state index in [0.29, 0.717) is 22.9 Å². The van der Waals surface area contributed by atoms with Crippen molar-refractivity contribution in [3.8, 4) is 0 Å². The summed E-state index contributed by atoms with van der Waals surface area (Å²) in [4.78, 5) is 11.2. The Kier molecular flexibility index (Phi) is 2.74. The highest BCUT2D eigenvalue weighted by Crippen LogP contribution is 2.46. The van der Waals surface area contributed by atoms with Crippen LogP contribution in [0.3, 0.4) is 0 Å². The normalized spacial score (nSPS) is 17.9. The molecule has 0 saturated heterocycles. The van der Waals surface area contributed by atoms with Crippen LogP contribution in [0.4, 0.5) is 8.78 Å². The maximum absolute atomic E-state index is 13.1. The summed E-state index contributed by atoms with van der Waals surface area (Å²) in [6.45, 7) is 0. The minimum atomic E-state index is -1.05. The molecule has 5 heteroatoms. The zero-order chi connectivity index (χ0) is 11.9. The molecule has 0 atom stereocenters. The van der Waals surface area contributed by atoms with E-state index in [1.54, 1.807) is 0 Å². The van der Waals surface area contributed by atoms with E-state index in [9.17, 15) is 18.7 Å². The van der Waals surface area contributed by atoms with Gasteiger partial charge in [-0.1, -0.05) is 22.4 Å². The Labute approximate surface area is 99.4 Å². The fraction of sp³-hybridized carbons (Fsp3) is 0.364. The summed E-state index contributed by atoms with van der Waals surface area (Å²) in [5, 5.41) is 9.18. The lowest BCUT2D eigenvalue weighted by atomic mass is 9.64. The maximum Gasteiger partial charge on any atom is 0.314 e. The molecule has 0 unspecified atom stereocenters. The third-order valence-corrected chi connectivity index (χ3v) is 3.80. The van der Waals surface area contributed by atoms with Crippen molar-refractivity contribution in [2.45, 2.75) is 24.7 Å². The number of aliphatic carboxylic acids is 1. The van der Waals surface area contributed by atoms with Crippen LogP contribution in [-0.4, -0.2) is 11.1 Å². The van der Waals surface area contributed by atoms with E-state index in [1.807, 2.05) is 0 Å². The number of hydrogen-bond acceptors (Lipinski definition) is 1. The molecule has 1 saturated carbocycles. The first-order chi connectivity index (χ1) is 7.47. The standard InChI is InChI=1S/C11H9BrF2O2/c12-7-5-9(14)8(13)4-6(7)11(10(15)16)2-1-3-11/h4-5H,1-3H2,(H,15,16). The van der Waals surface area contributed by atoms with E-state index in [1.165, 1.54) is 0 Å². The number of benzene rings is 1. The van der Waals surface area contributed by atoms with E-state index in [2.05, 4.69) is 15.9 Å². The first-order valence-corrected chi connectivity index (χ1v) is 5.65. The predicted octanol–water partition coefficient (Wildman–Crippen LogP) is 3.23. The SMILES string of the molecule is O=C(O)C1(c2cc(F)c(F)cc2Br)CCC1. The van der Waals surface area contributed by atoms with Gasteiger partial charge in [0.05, 0.1) is 5.41 Å². The first-order valence-electron chi connectivity index (χ1n) is 4.86. The molecule has 0 aromatic heterocycles. The van der Waals surface area contributed by atoms with Gasteiger partial charge in [0.25, 0.3) is 0 Å². The first kappa shape index (κ1) is 11.5. The van der Waals surface area contributed by atoms with Crippen LogP contribution in [0.15, 0.2) is 16.6 Å². The average molecular weight is 291 g/mol. The molecule has 1 aromatic carbocycles. The molecule has 2 nitrogen and oxygen atoms in total. The molecule has 0 bridgehead atoms. The fourth-order valence-electron chi connectivity index (χ4n) is 2.02. The van der Waals surface area contributed by atoms with Crippen molar-refractivity contribution in [3.63, 3.8) is 0 Å². The van der Waals surface area contributed by atoms with E-state index in [0.717, 1.165) is 18.6 Å². The highest BCUT2D eigenvalue weighted by molar-refractivity contribution is 9.10. The lowest BCUT2D eigenvalue weighted by molar-refractivity contribution is -0.147. The largest absolute Gasteiger partial charge is 0.481 e. The molecular weight excluding hydrogens is 282 g/mol. The summed E-state index contributed by atoms with van der Waals surface area (Å²) in [5.41, 5.74) is -0.724. The molecule has 1 aliphatic rings. The van der Waals surface area contributed by atoms with Gasteiger partial charge < -0.3 is 5.11 Å². The molecule has 0 aliphatic heterocycles. The van der Waals surface area contributed by atoms with Crippen molar-refractivity contribution in [2.24, 2.45) is 0 Å². The van der Waals surface area contributed by atoms with E-state index in [-0.39, 0.29) is 0 Å². The summed E-state index contributed by atoms with van der Waals surface area (Å²) >= 11 is 3.09. The van der Waals surface area contributed by atoms with Crippen molar-refractivity contribution in [2.75, 3.05) is 0 Å². The van der Waals surface area contributed by atoms with Crippen LogP contribution in [0.2, 0.25) is 0 Å². The Morgan fingerprint density at radius 3 is 2.31 bits per heavy atom. The average Bonchev–Trinajstić information content (AvgIpc) is 2.11. The van der Waals surface area contributed by atoms with Crippen molar-refractivity contribution in [3.05, 3.63) is 33.8 Å². The van der Waals surface area contributed by atoms with Crippen molar-refractivity contribution in [1.82, 2.24) is 0 Å². The minimum Gasteiger partial charge on any atom is -0.481 e. The quantitative estimate of drug-likeness (QED) is 0.849. The van der Waals surface area contributed by atoms with Gasteiger partial charge in [0.2, 0.25) is 0 Å². The fourth-order valence-corrected chi connectivity index (χ4v) is 2.71. The zero-order valence-corrected chi connectivity index (χ0v) is 9.85. The van der Waals surface area contributed by atoms with Gasteiger partial charge in [0.15, 0.2) is 11.6 Å². The van der Waals surface area contributed by atoms with E-state index < -0.39 is 23.0 Å². The van der Waals surface area contributed by atoms with Gasteiger partial charge in [0.1, 0.15) is 0 Å². The van der Waals surface area contributed by atoms with E-state index >= 15 is 0 Å². The van der Waals surface area contributed by atoms with Gasteiger partial charge in [-0.2, -0.15) is 0 Å². The zero-order valence-electron chi connectivity index (χ0n) is 8.27. The Morgan fingerprint density at radius 2 is 1.88 bits per heavy atom. The summed E-state index contributed by atoms with van der Waals surface area (Å²) in [6.07, 6.45) is 1.72. The van der Waals surface area contributed by atoms with Crippen LogP contribution in [0.1, 0.15) is 24.8 Å². The van der Waals surface area contributed by atoms with Crippen LogP contribution in [0, 0.1) is 11.6 Å². The van der Waals surface area contributed by atoms with Crippen molar-refractivity contribution < 1.29 is 18.7 Å². The molecule has 1 fully saturated rings. The molecule has 86 valence electrons. The molecule has 0 radical (unpaired) electrons. The number of halogens is 3. The van der Waals surface area contributed by atoms with Gasteiger partial charge >= 0.3 is 5.97 Å². The topological polar surface area (TPSA) is 37.3 Å². The van der Waals surface area contributed by atoms with Gasteiger partial charge in [-0.05, 0) is 30.5 Å². The molecule has 0 amide bonds. The molecular formula is C11H9BrF2O2. The number of rotatable bonds is 2. The second-order valence-electron chi connectivity index (χ2n) is 3.99. The highest BCUT2D eigenvalue weighted by Gasteiger charge is 2.47. The Bertz CT molecular complexity index is 456. The summed E-state index contributed by atoms with van der Waals surface area (Å²) < 4.78 is 26.4. The van der Waals surface area contributed by atoms with E-state index in [4.69, 9.17) is 0 Å².